The van der Waals surface area contributed by atoms with Crippen LogP contribution >= 0.6 is 11.6 Å². The van der Waals surface area contributed by atoms with E-state index in [0.29, 0.717) is 35.3 Å². The summed E-state index contributed by atoms with van der Waals surface area (Å²) in [5.41, 5.74) is 8.45. The first kappa shape index (κ1) is 27.4. The molecule has 3 N–H and O–H groups in total. The molecule has 4 heteroatoms. The Bertz CT molecular complexity index is 782. The minimum atomic E-state index is 0.366. The average Bonchev–Trinajstić information content (AvgIpc) is 2.82. The molecule has 0 radical (unpaired) electrons. The van der Waals surface area contributed by atoms with E-state index < -0.39 is 0 Å². The molecular formula is C31H52ClN3. The molecule has 4 unspecified atom stereocenters. The van der Waals surface area contributed by atoms with Crippen LogP contribution in [-0.2, 0) is 0 Å². The van der Waals surface area contributed by atoms with Gasteiger partial charge in [0.05, 0.1) is 0 Å². The Morgan fingerprint density at radius 2 is 1.97 bits per heavy atom. The Balaban J connectivity index is 1.28. The molecular weight excluding hydrogens is 450 g/mol. The molecule has 0 aromatic heterocycles. The zero-order valence-corrected chi connectivity index (χ0v) is 23.7. The molecule has 0 aromatic carbocycles. The van der Waals surface area contributed by atoms with Gasteiger partial charge < -0.3 is 16.0 Å². The highest BCUT2D eigenvalue weighted by Gasteiger charge is 2.40. The summed E-state index contributed by atoms with van der Waals surface area (Å²) in [6, 6.07) is 0.919. The summed E-state index contributed by atoms with van der Waals surface area (Å²) >= 11 is 6.27. The van der Waals surface area contributed by atoms with Gasteiger partial charge in [0.15, 0.2) is 0 Å². The zero-order chi connectivity index (χ0) is 25.0. The van der Waals surface area contributed by atoms with Gasteiger partial charge in [0, 0.05) is 36.8 Å². The van der Waals surface area contributed by atoms with E-state index in [-0.39, 0.29) is 0 Å². The van der Waals surface area contributed by atoms with E-state index >= 15 is 0 Å². The highest BCUT2D eigenvalue weighted by molar-refractivity contribution is 6.29. The maximum atomic E-state index is 6.52. The van der Waals surface area contributed by atoms with Crippen LogP contribution in [-0.4, -0.2) is 43.2 Å². The van der Waals surface area contributed by atoms with Crippen LogP contribution in [0.5, 0.6) is 0 Å². The van der Waals surface area contributed by atoms with E-state index in [2.05, 4.69) is 62.2 Å². The van der Waals surface area contributed by atoms with Gasteiger partial charge in [-0.1, -0.05) is 82.0 Å². The van der Waals surface area contributed by atoms with Crippen LogP contribution in [0.15, 0.2) is 34.9 Å². The number of hydrogen-bond donors (Lipinski definition) is 2. The number of halogens is 1. The Morgan fingerprint density at radius 3 is 2.66 bits per heavy atom. The van der Waals surface area contributed by atoms with Gasteiger partial charge in [0.25, 0.3) is 0 Å². The third kappa shape index (κ3) is 7.24. The number of piperidine rings is 1. The Morgan fingerprint density at radius 1 is 1.17 bits per heavy atom. The van der Waals surface area contributed by atoms with Crippen molar-refractivity contribution in [1.82, 2.24) is 10.2 Å². The summed E-state index contributed by atoms with van der Waals surface area (Å²) in [5, 5.41) is 5.06. The summed E-state index contributed by atoms with van der Waals surface area (Å²) in [7, 11) is 0. The number of nitrogens with two attached hydrogens (primary N) is 1. The molecule has 1 heterocycles. The van der Waals surface area contributed by atoms with Crippen molar-refractivity contribution in [2.24, 2.45) is 40.7 Å². The molecule has 1 saturated heterocycles. The Kier molecular flexibility index (Phi) is 9.63. The lowest BCUT2D eigenvalue weighted by Gasteiger charge is -2.49. The second kappa shape index (κ2) is 12.3. The number of nitrogens with zero attached hydrogens (tertiary/aromatic N) is 1. The Labute approximate surface area is 221 Å². The molecule has 198 valence electrons. The first-order valence-corrected chi connectivity index (χ1v) is 15.0. The maximum Gasteiger partial charge on any atom is 0.0221 e. The predicted octanol–water partition coefficient (Wildman–Crippen LogP) is 6.89. The zero-order valence-electron chi connectivity index (χ0n) is 22.9. The summed E-state index contributed by atoms with van der Waals surface area (Å²) in [6.45, 7) is 14.4. The highest BCUT2D eigenvalue weighted by atomic mass is 35.5. The first-order valence-electron chi connectivity index (χ1n) is 14.6. The van der Waals surface area contributed by atoms with E-state index in [0.717, 1.165) is 36.4 Å². The standard InChI is InChI=1S/C31H52ClN3/c1-22(2)30(34-19-23-8-7-9-25(18-23)27-10-5-6-11-29(27)33)20-35-17-16-28(31(3,4)21-35)24-12-14-26(32)15-13-24/h7-9,14,22,24-25,27-30,34H,5-6,10-13,15-21,33H2,1-4H3/t24?,25?,27?,28-,29?,30+/m1/s1. The van der Waals surface area contributed by atoms with Gasteiger partial charge in [0.2, 0.25) is 0 Å². The predicted molar refractivity (Wildman–Crippen MR) is 151 cm³/mol. The number of allylic oxidation sites excluding steroid dienone is 5. The van der Waals surface area contributed by atoms with E-state index in [4.69, 9.17) is 17.3 Å². The molecule has 0 bridgehead atoms. The summed E-state index contributed by atoms with van der Waals surface area (Å²) in [5.74, 6) is 3.55. The van der Waals surface area contributed by atoms with Gasteiger partial charge >= 0.3 is 0 Å². The maximum absolute atomic E-state index is 6.52. The van der Waals surface area contributed by atoms with Crippen LogP contribution in [0.3, 0.4) is 0 Å². The molecule has 35 heavy (non-hydrogen) atoms. The van der Waals surface area contributed by atoms with Gasteiger partial charge in [-0.25, -0.2) is 0 Å². The van der Waals surface area contributed by atoms with Crippen molar-refractivity contribution in [3.8, 4) is 0 Å². The number of rotatable bonds is 8. The van der Waals surface area contributed by atoms with Crippen molar-refractivity contribution < 1.29 is 0 Å². The number of likely N-dealkylation sites (tertiary alicyclic amines) is 1. The van der Waals surface area contributed by atoms with Gasteiger partial charge in [-0.3, -0.25) is 0 Å². The smallest absolute Gasteiger partial charge is 0.0221 e. The number of hydrogen-bond acceptors (Lipinski definition) is 3. The molecule has 2 fully saturated rings. The molecule has 0 amide bonds. The highest BCUT2D eigenvalue weighted by Crippen LogP contribution is 2.45. The van der Waals surface area contributed by atoms with Gasteiger partial charge in [-0.05, 0) is 86.5 Å². The minimum Gasteiger partial charge on any atom is -0.327 e. The second-order valence-corrected chi connectivity index (χ2v) is 13.7. The van der Waals surface area contributed by atoms with Gasteiger partial charge in [0.1, 0.15) is 0 Å². The van der Waals surface area contributed by atoms with Gasteiger partial charge in [-0.2, -0.15) is 0 Å². The molecule has 0 aromatic rings. The fourth-order valence-electron chi connectivity index (χ4n) is 7.67. The quantitative estimate of drug-likeness (QED) is 0.380. The number of nitrogens with one attached hydrogen (secondary N) is 1. The first-order chi connectivity index (χ1) is 16.7. The Hall–Kier alpha value is -0.610. The van der Waals surface area contributed by atoms with E-state index in [9.17, 15) is 0 Å². The second-order valence-electron chi connectivity index (χ2n) is 13.2. The molecule has 1 aliphatic heterocycles. The topological polar surface area (TPSA) is 41.3 Å². The van der Waals surface area contributed by atoms with Crippen LogP contribution in [0.25, 0.3) is 0 Å². The molecule has 4 aliphatic rings. The SMILES string of the molecule is CC(C)[C@H](CN1CC[C@H](C2CC=C(Cl)CC2)C(C)(C)C1)NCC1=CC=CC(C2CCCCC2N)C1. The summed E-state index contributed by atoms with van der Waals surface area (Å²) < 4.78 is 0. The van der Waals surface area contributed by atoms with E-state index in [1.807, 2.05) is 0 Å². The lowest BCUT2D eigenvalue weighted by atomic mass is 9.65. The molecule has 3 nitrogen and oxygen atoms in total. The van der Waals surface area contributed by atoms with Crippen LogP contribution in [0.2, 0.25) is 0 Å². The fraction of sp³-hybridized carbons (Fsp3) is 0.806. The molecule has 4 rings (SSSR count). The largest absolute Gasteiger partial charge is 0.327 e. The van der Waals surface area contributed by atoms with Gasteiger partial charge in [-0.15, -0.1) is 0 Å². The third-order valence-corrected chi connectivity index (χ3v) is 10.2. The van der Waals surface area contributed by atoms with Crippen molar-refractivity contribution in [3.05, 3.63) is 34.9 Å². The van der Waals surface area contributed by atoms with Crippen LogP contribution in [0, 0.1) is 35.0 Å². The average molecular weight is 502 g/mol. The minimum absolute atomic E-state index is 0.366. The van der Waals surface area contributed by atoms with Crippen LogP contribution < -0.4 is 11.1 Å². The van der Waals surface area contributed by atoms with Crippen molar-refractivity contribution >= 4 is 11.6 Å². The lowest BCUT2D eigenvalue weighted by Crippen LogP contribution is -2.53. The molecule has 3 aliphatic carbocycles. The summed E-state index contributed by atoms with van der Waals surface area (Å²) in [4.78, 5) is 2.75. The summed E-state index contributed by atoms with van der Waals surface area (Å²) in [6.07, 6.45) is 20.6. The van der Waals surface area contributed by atoms with E-state index in [1.54, 1.807) is 5.57 Å². The lowest BCUT2D eigenvalue weighted by molar-refractivity contribution is 0.0120. The molecule has 0 spiro atoms. The van der Waals surface area contributed by atoms with Crippen molar-refractivity contribution in [2.45, 2.75) is 97.6 Å². The van der Waals surface area contributed by atoms with Crippen LogP contribution in [0.4, 0.5) is 0 Å². The molecule has 1 saturated carbocycles. The third-order valence-electron chi connectivity index (χ3n) is 9.82. The van der Waals surface area contributed by atoms with Crippen molar-refractivity contribution in [2.75, 3.05) is 26.2 Å². The normalized spacial score (nSPS) is 35.0. The van der Waals surface area contributed by atoms with Crippen molar-refractivity contribution in [3.63, 3.8) is 0 Å². The molecule has 6 atom stereocenters. The van der Waals surface area contributed by atoms with Crippen LogP contribution in [0.1, 0.15) is 85.5 Å². The van der Waals surface area contributed by atoms with Crippen molar-refractivity contribution in [1.29, 1.82) is 0 Å². The fourth-order valence-corrected chi connectivity index (χ4v) is 7.87. The monoisotopic (exact) mass is 501 g/mol. The van der Waals surface area contributed by atoms with E-state index in [1.165, 1.54) is 64.5 Å².